The molecule has 0 rings (SSSR count). The van der Waals surface area contributed by atoms with Crippen LogP contribution in [0.1, 0.15) is 322 Å². The number of ether oxygens (including phenoxy) is 2. The van der Waals surface area contributed by atoms with Gasteiger partial charge >= 0.3 is 19.8 Å². The number of likely N-dealkylation sites (N-methyl/N-ethyl adjacent to an activating group) is 1. The second-order valence-corrected chi connectivity index (χ2v) is 25.7. The lowest BCUT2D eigenvalue weighted by Crippen LogP contribution is -2.37. The van der Waals surface area contributed by atoms with E-state index in [1.807, 2.05) is 21.1 Å². The minimum absolute atomic E-state index is 0.0312. The summed E-state index contributed by atoms with van der Waals surface area (Å²) in [7, 11) is 1.48. The molecule has 0 aliphatic heterocycles. The van der Waals surface area contributed by atoms with Gasteiger partial charge < -0.3 is 18.9 Å². The summed E-state index contributed by atoms with van der Waals surface area (Å²) in [4.78, 5) is 35.8. The number of carbonyl (C=O) groups excluding carboxylic acids is 2. The van der Waals surface area contributed by atoms with Gasteiger partial charge in [-0.15, -0.1) is 0 Å². The summed E-state index contributed by atoms with van der Waals surface area (Å²) < 4.78 is 34.7. The molecule has 9 nitrogen and oxygen atoms in total. The van der Waals surface area contributed by atoms with E-state index in [1.165, 1.54) is 231 Å². The Morgan fingerprint density at radius 1 is 0.388 bits per heavy atom. The summed E-state index contributed by atoms with van der Waals surface area (Å²) in [6.07, 6.45) is 80.3. The Kier molecular flexibility index (Phi) is 59.5. The summed E-state index contributed by atoms with van der Waals surface area (Å²) in [6, 6.07) is 0. The monoisotopic (exact) mass is 1140 g/mol. The van der Waals surface area contributed by atoms with Crippen LogP contribution in [0.4, 0.5) is 0 Å². The van der Waals surface area contributed by atoms with Gasteiger partial charge in [0.25, 0.3) is 0 Å². The van der Waals surface area contributed by atoms with Gasteiger partial charge in [0.15, 0.2) is 6.10 Å². The number of carbonyl (C=O) groups is 2. The van der Waals surface area contributed by atoms with Gasteiger partial charge in [-0.25, -0.2) is 4.57 Å². The highest BCUT2D eigenvalue weighted by Crippen LogP contribution is 2.43. The lowest BCUT2D eigenvalue weighted by atomic mass is 10.0. The van der Waals surface area contributed by atoms with Crippen molar-refractivity contribution in [3.8, 4) is 0 Å². The lowest BCUT2D eigenvalue weighted by molar-refractivity contribution is -0.870. The van der Waals surface area contributed by atoms with E-state index >= 15 is 0 Å². The Balaban J connectivity index is 4.05. The van der Waals surface area contributed by atoms with Gasteiger partial charge in [-0.1, -0.05) is 286 Å². The third-order valence-electron chi connectivity index (χ3n) is 15.0. The molecule has 2 atom stereocenters. The number of phosphoric acid groups is 1. The highest BCUT2D eigenvalue weighted by molar-refractivity contribution is 7.47. The van der Waals surface area contributed by atoms with Crippen LogP contribution in [0.5, 0.6) is 0 Å². The van der Waals surface area contributed by atoms with E-state index in [0.717, 1.165) is 57.8 Å². The van der Waals surface area contributed by atoms with Crippen LogP contribution in [0.2, 0.25) is 0 Å². The van der Waals surface area contributed by atoms with E-state index in [0.29, 0.717) is 17.4 Å². The van der Waals surface area contributed by atoms with E-state index in [2.05, 4.69) is 74.6 Å². The molecule has 0 bridgehead atoms. The van der Waals surface area contributed by atoms with Crippen molar-refractivity contribution in [2.24, 2.45) is 0 Å². The van der Waals surface area contributed by atoms with Crippen molar-refractivity contribution in [3.05, 3.63) is 60.8 Å². The van der Waals surface area contributed by atoms with E-state index in [1.54, 1.807) is 0 Å². The predicted molar refractivity (Wildman–Crippen MR) is 344 cm³/mol. The molecule has 0 aromatic heterocycles. The Bertz CT molecular complexity index is 1530. The third-order valence-corrected chi connectivity index (χ3v) is 16.0. The maximum absolute atomic E-state index is 12.9. The second-order valence-electron chi connectivity index (χ2n) is 24.2. The smallest absolute Gasteiger partial charge is 0.462 e. The highest BCUT2D eigenvalue weighted by Gasteiger charge is 2.27. The molecule has 0 aromatic carbocycles. The molecule has 0 heterocycles. The first-order valence-electron chi connectivity index (χ1n) is 34.0. The molecule has 0 amide bonds. The number of hydrogen-bond donors (Lipinski definition) is 1. The average molecular weight is 1150 g/mol. The van der Waals surface area contributed by atoms with Crippen molar-refractivity contribution in [1.82, 2.24) is 0 Å². The molecule has 0 aliphatic rings. The number of nitrogens with zero attached hydrogens (tertiary/aromatic N) is 1. The van der Waals surface area contributed by atoms with E-state index in [4.69, 9.17) is 18.5 Å². The van der Waals surface area contributed by atoms with Crippen LogP contribution < -0.4 is 0 Å². The number of allylic oxidation sites excluding steroid dienone is 10. The van der Waals surface area contributed by atoms with Crippen molar-refractivity contribution in [2.45, 2.75) is 328 Å². The molecule has 1 N–H and O–H groups in total. The fraction of sp³-hybridized carbons (Fsp3) is 0.829. The first kappa shape index (κ1) is 77.7. The molecule has 0 saturated carbocycles. The molecule has 0 spiro atoms. The van der Waals surface area contributed by atoms with Crippen molar-refractivity contribution in [1.29, 1.82) is 0 Å². The lowest BCUT2D eigenvalue weighted by Gasteiger charge is -2.24. The minimum Gasteiger partial charge on any atom is -0.462 e. The first-order chi connectivity index (χ1) is 39.0. The van der Waals surface area contributed by atoms with Gasteiger partial charge in [0.2, 0.25) is 0 Å². The fourth-order valence-corrected chi connectivity index (χ4v) is 10.5. The summed E-state index contributed by atoms with van der Waals surface area (Å²) in [5, 5.41) is 0. The number of rotatable bonds is 63. The van der Waals surface area contributed by atoms with Crippen molar-refractivity contribution >= 4 is 19.8 Å². The normalized spacial score (nSPS) is 13.5. The van der Waals surface area contributed by atoms with Gasteiger partial charge in [0.05, 0.1) is 27.7 Å². The Labute approximate surface area is 496 Å². The van der Waals surface area contributed by atoms with Crippen LogP contribution >= 0.6 is 7.82 Å². The highest BCUT2D eigenvalue weighted by atomic mass is 31.2. The van der Waals surface area contributed by atoms with Gasteiger partial charge in [-0.05, 0) is 83.5 Å². The van der Waals surface area contributed by atoms with Crippen LogP contribution in [-0.2, 0) is 32.7 Å². The molecule has 0 saturated heterocycles. The number of esters is 2. The number of phosphoric ester groups is 1. The second kappa shape index (κ2) is 61.3. The van der Waals surface area contributed by atoms with Gasteiger partial charge in [-0.3, -0.25) is 18.6 Å². The zero-order valence-corrected chi connectivity index (χ0v) is 54.2. The first-order valence-corrected chi connectivity index (χ1v) is 35.5. The van der Waals surface area contributed by atoms with Crippen LogP contribution in [0.15, 0.2) is 60.8 Å². The van der Waals surface area contributed by atoms with Gasteiger partial charge in [0.1, 0.15) is 19.8 Å². The standard InChI is InChI=1S/C70H130NO8P/c1-6-8-10-12-14-16-18-20-22-24-26-28-30-32-34-35-37-38-40-42-44-46-48-50-52-54-56-58-60-62-69(72)76-66-68(67-78-80(74,75)77-65-64-71(3,4)5)79-70(73)63-61-59-57-55-53-51-49-47-45-43-41-39-36-33-31-29-27-25-23-21-19-17-15-13-11-9-7-2/h18-21,24-27,31,33,68H,6-17,22-23,28-30,32,34-67H2,1-5H3/p+1/b20-18-,21-19-,26-24-,27-25-,33-31-. The zero-order valence-electron chi connectivity index (χ0n) is 53.3. The van der Waals surface area contributed by atoms with Crippen LogP contribution in [0.3, 0.4) is 0 Å². The van der Waals surface area contributed by atoms with Crippen LogP contribution in [-0.4, -0.2) is 74.9 Å². The maximum atomic E-state index is 12.9. The quantitative estimate of drug-likeness (QED) is 0.0211. The van der Waals surface area contributed by atoms with Crippen molar-refractivity contribution < 1.29 is 42.1 Å². The van der Waals surface area contributed by atoms with E-state index in [-0.39, 0.29) is 32.0 Å². The molecule has 80 heavy (non-hydrogen) atoms. The molecule has 10 heteroatoms. The van der Waals surface area contributed by atoms with E-state index < -0.39 is 26.5 Å². The van der Waals surface area contributed by atoms with Gasteiger partial charge in [-0.2, -0.15) is 0 Å². The Morgan fingerprint density at radius 3 is 1.00 bits per heavy atom. The fourth-order valence-electron chi connectivity index (χ4n) is 9.76. The Hall–Kier alpha value is -2.29. The molecular formula is C70H131NO8P+. The summed E-state index contributed by atoms with van der Waals surface area (Å²) in [5.74, 6) is -0.787. The molecular weight excluding hydrogens is 1010 g/mol. The van der Waals surface area contributed by atoms with E-state index in [9.17, 15) is 19.0 Å². The summed E-state index contributed by atoms with van der Waals surface area (Å²) >= 11 is 0. The maximum Gasteiger partial charge on any atom is 0.472 e. The summed E-state index contributed by atoms with van der Waals surface area (Å²) in [6.45, 7) is 4.45. The third kappa shape index (κ3) is 64.9. The van der Waals surface area contributed by atoms with Gasteiger partial charge in [0, 0.05) is 12.8 Å². The zero-order chi connectivity index (χ0) is 58.4. The minimum atomic E-state index is -4.39. The molecule has 468 valence electrons. The van der Waals surface area contributed by atoms with Crippen LogP contribution in [0, 0.1) is 0 Å². The SMILES string of the molecule is CCCCCCC/C=C\C/C=C\C/C=C\CCCCCCCCCCCCCCC(=O)OC(COC(=O)CCCCCCCCCCCCCCCCCCC/C=C\C/C=C\CCCCCCC)COP(=O)(O)OCC[N+](C)(C)C. The average Bonchev–Trinajstić information content (AvgIpc) is 3.42. The predicted octanol–water partition coefficient (Wildman–Crippen LogP) is 21.8. The molecule has 0 radical (unpaired) electrons. The largest absolute Gasteiger partial charge is 0.472 e. The number of unbranched alkanes of at least 4 members (excludes halogenated alkanes) is 39. The Morgan fingerprint density at radius 2 is 0.675 bits per heavy atom. The number of hydrogen-bond acceptors (Lipinski definition) is 7. The van der Waals surface area contributed by atoms with Crippen molar-refractivity contribution in [2.75, 3.05) is 47.5 Å². The summed E-state index contributed by atoms with van der Waals surface area (Å²) in [5.41, 5.74) is 0. The molecule has 0 aromatic rings. The molecule has 2 unspecified atom stereocenters. The van der Waals surface area contributed by atoms with Crippen molar-refractivity contribution in [3.63, 3.8) is 0 Å². The van der Waals surface area contributed by atoms with Crippen LogP contribution in [0.25, 0.3) is 0 Å². The number of quaternary nitrogens is 1. The molecule has 0 fully saturated rings. The topological polar surface area (TPSA) is 108 Å². The molecule has 0 aliphatic carbocycles.